The van der Waals surface area contributed by atoms with Gasteiger partial charge in [0.2, 0.25) is 0 Å². The van der Waals surface area contributed by atoms with Crippen LogP contribution in [0.4, 0.5) is 0 Å². The number of azide groups is 1. The van der Waals surface area contributed by atoms with Crippen LogP contribution in [0.2, 0.25) is 0 Å². The summed E-state index contributed by atoms with van der Waals surface area (Å²) >= 11 is 0. The summed E-state index contributed by atoms with van der Waals surface area (Å²) in [7, 11) is -4.26. The summed E-state index contributed by atoms with van der Waals surface area (Å²) in [6.07, 6.45) is -5.87. The van der Waals surface area contributed by atoms with Crippen molar-refractivity contribution in [2.24, 2.45) is 5.11 Å². The molecule has 2 aromatic rings. The van der Waals surface area contributed by atoms with Gasteiger partial charge >= 0.3 is 19.8 Å². The maximum Gasteiger partial charge on any atom is 0.475 e. The van der Waals surface area contributed by atoms with Crippen LogP contribution < -0.4 is 0 Å². The van der Waals surface area contributed by atoms with E-state index in [2.05, 4.69) is 10.0 Å². The lowest BCUT2D eigenvalue weighted by Crippen LogP contribution is -2.60. The SMILES string of the molecule is CC(=O)O[C@@H]1[C@H](N=[N+]=[N-])[C@@H](O)O[C@H](COP(=O)(OCc2ccccc2)OCc2ccccc2)[C@H]1OC(C)=O. The van der Waals surface area contributed by atoms with E-state index in [-0.39, 0.29) is 13.2 Å². The molecule has 1 heterocycles. The summed E-state index contributed by atoms with van der Waals surface area (Å²) in [6.45, 7) is 1.41. The Balaban J connectivity index is 1.81. The number of benzene rings is 2. The predicted octanol–water partition coefficient (Wildman–Crippen LogP) is 3.80. The first-order valence-corrected chi connectivity index (χ1v) is 13.0. The Bertz CT molecular complexity index is 1120. The summed E-state index contributed by atoms with van der Waals surface area (Å²) in [5.41, 5.74) is 10.3. The van der Waals surface area contributed by atoms with Gasteiger partial charge in [0.15, 0.2) is 18.5 Å². The molecule has 0 unspecified atom stereocenters. The van der Waals surface area contributed by atoms with Crippen LogP contribution in [0.25, 0.3) is 10.4 Å². The van der Waals surface area contributed by atoms with Crippen molar-refractivity contribution in [2.45, 2.75) is 57.7 Å². The van der Waals surface area contributed by atoms with E-state index >= 15 is 0 Å². The fourth-order valence-corrected chi connectivity index (χ4v) is 4.78. The fourth-order valence-electron chi connectivity index (χ4n) is 3.62. The highest BCUT2D eigenvalue weighted by atomic mass is 31.2. The van der Waals surface area contributed by atoms with Gasteiger partial charge in [-0.15, -0.1) is 0 Å². The number of ether oxygens (including phenoxy) is 3. The van der Waals surface area contributed by atoms with Crippen LogP contribution in [0.5, 0.6) is 0 Å². The Morgan fingerprint density at radius 1 is 0.921 bits per heavy atom. The predicted molar refractivity (Wildman–Crippen MR) is 131 cm³/mol. The second-order valence-corrected chi connectivity index (χ2v) is 9.84. The number of phosphoric ester groups is 1. The molecule has 0 spiro atoms. The van der Waals surface area contributed by atoms with Gasteiger partial charge in [0, 0.05) is 18.8 Å². The average molecular weight is 549 g/mol. The van der Waals surface area contributed by atoms with Crippen LogP contribution in [-0.2, 0) is 55.1 Å². The minimum atomic E-state index is -4.26. The molecular formula is C24H28N3O10P. The molecule has 0 radical (unpaired) electrons. The second-order valence-electron chi connectivity index (χ2n) is 8.17. The van der Waals surface area contributed by atoms with Gasteiger partial charge in [-0.1, -0.05) is 65.8 Å². The molecule has 1 aliphatic rings. The van der Waals surface area contributed by atoms with E-state index in [1.807, 2.05) is 12.1 Å². The minimum absolute atomic E-state index is 0.108. The first kappa shape index (κ1) is 29.3. The molecule has 2 aromatic carbocycles. The second kappa shape index (κ2) is 14.0. The zero-order valence-corrected chi connectivity index (χ0v) is 21.6. The molecule has 204 valence electrons. The molecule has 1 saturated heterocycles. The first-order valence-electron chi connectivity index (χ1n) is 11.5. The molecule has 3 rings (SSSR count). The monoisotopic (exact) mass is 549 g/mol. The van der Waals surface area contributed by atoms with Crippen LogP contribution in [-0.4, -0.2) is 54.3 Å². The third-order valence-corrected chi connectivity index (χ3v) is 6.64. The summed E-state index contributed by atoms with van der Waals surface area (Å²) in [4.78, 5) is 26.2. The number of nitrogens with zero attached hydrogens (tertiary/aromatic N) is 3. The molecule has 0 saturated carbocycles. The van der Waals surface area contributed by atoms with E-state index in [0.29, 0.717) is 11.1 Å². The summed E-state index contributed by atoms with van der Waals surface area (Å²) in [5, 5.41) is 13.9. The Kier molecular flexibility index (Phi) is 10.8. The highest BCUT2D eigenvalue weighted by Crippen LogP contribution is 2.51. The number of hydrogen-bond donors (Lipinski definition) is 1. The standard InChI is InChI=1S/C24H28N3O10P/c1-16(28)35-22-20(37-24(30)21(26-27-25)23(22)36-17(2)29)15-34-38(31,32-13-18-9-5-3-6-10-18)33-14-19-11-7-4-8-12-19/h3-12,20-24,30H,13-15H2,1-2H3/t20-,21+,22-,23-,24+/m1/s1. The van der Waals surface area contributed by atoms with Crippen LogP contribution in [0, 0.1) is 0 Å². The third-order valence-electron chi connectivity index (χ3n) is 5.28. The Morgan fingerprint density at radius 3 is 1.89 bits per heavy atom. The smallest absolute Gasteiger partial charge is 0.458 e. The van der Waals surface area contributed by atoms with E-state index in [9.17, 15) is 19.3 Å². The van der Waals surface area contributed by atoms with Crippen molar-refractivity contribution in [3.63, 3.8) is 0 Å². The van der Waals surface area contributed by atoms with Crippen LogP contribution in [0.1, 0.15) is 25.0 Å². The molecule has 0 aromatic heterocycles. The minimum Gasteiger partial charge on any atom is -0.458 e. The maximum absolute atomic E-state index is 13.6. The number of phosphoric acid groups is 1. The number of carbonyl (C=O) groups excluding carboxylic acids is 2. The van der Waals surface area contributed by atoms with Gasteiger partial charge in [-0.2, -0.15) is 0 Å². The van der Waals surface area contributed by atoms with E-state index in [1.165, 1.54) is 0 Å². The van der Waals surface area contributed by atoms with Crippen LogP contribution in [0.15, 0.2) is 65.8 Å². The van der Waals surface area contributed by atoms with Gasteiger partial charge < -0.3 is 19.3 Å². The van der Waals surface area contributed by atoms with Crippen molar-refractivity contribution in [3.8, 4) is 0 Å². The van der Waals surface area contributed by atoms with Crippen molar-refractivity contribution in [2.75, 3.05) is 6.61 Å². The largest absolute Gasteiger partial charge is 0.475 e. The molecule has 14 heteroatoms. The average Bonchev–Trinajstić information content (AvgIpc) is 2.90. The third kappa shape index (κ3) is 8.64. The van der Waals surface area contributed by atoms with Gasteiger partial charge in [0.1, 0.15) is 12.1 Å². The van der Waals surface area contributed by atoms with E-state index in [4.69, 9.17) is 33.3 Å². The number of aliphatic hydroxyl groups is 1. The zero-order chi connectivity index (χ0) is 27.5. The highest BCUT2D eigenvalue weighted by molar-refractivity contribution is 7.48. The normalized spacial score (nSPS) is 23.2. The van der Waals surface area contributed by atoms with Gasteiger partial charge in [-0.25, -0.2) is 4.57 Å². The first-order chi connectivity index (χ1) is 18.2. The molecular weight excluding hydrogens is 521 g/mol. The van der Waals surface area contributed by atoms with Crippen molar-refractivity contribution < 1.29 is 47.0 Å². The zero-order valence-electron chi connectivity index (χ0n) is 20.7. The Labute approximate surface area is 218 Å². The number of esters is 2. The Morgan fingerprint density at radius 2 is 1.42 bits per heavy atom. The molecule has 0 bridgehead atoms. The summed E-state index contributed by atoms with van der Waals surface area (Å²) in [6, 6.07) is 16.4. The van der Waals surface area contributed by atoms with Gasteiger partial charge in [0.05, 0.1) is 19.8 Å². The molecule has 0 amide bonds. The van der Waals surface area contributed by atoms with E-state index in [1.54, 1.807) is 48.5 Å². The van der Waals surface area contributed by atoms with Crippen molar-refractivity contribution in [3.05, 3.63) is 82.2 Å². The number of aliphatic hydroxyl groups excluding tert-OH is 1. The highest BCUT2D eigenvalue weighted by Gasteiger charge is 2.50. The maximum atomic E-state index is 13.6. The summed E-state index contributed by atoms with van der Waals surface area (Å²) < 4.78 is 46.2. The number of hydrogen-bond acceptors (Lipinski definition) is 11. The van der Waals surface area contributed by atoms with E-state index < -0.39 is 57.0 Å². The topological polar surface area (TPSA) is 176 Å². The number of rotatable bonds is 12. The molecule has 0 aliphatic carbocycles. The van der Waals surface area contributed by atoms with E-state index in [0.717, 1.165) is 13.8 Å². The molecule has 13 nitrogen and oxygen atoms in total. The fraction of sp³-hybridized carbons (Fsp3) is 0.417. The molecule has 1 fully saturated rings. The van der Waals surface area contributed by atoms with Gasteiger partial charge in [-0.05, 0) is 16.7 Å². The number of carbonyl (C=O) groups is 2. The molecule has 38 heavy (non-hydrogen) atoms. The van der Waals surface area contributed by atoms with Crippen LogP contribution in [0.3, 0.4) is 0 Å². The van der Waals surface area contributed by atoms with Crippen LogP contribution >= 0.6 is 7.82 Å². The lowest BCUT2D eigenvalue weighted by atomic mass is 9.97. The lowest BCUT2D eigenvalue weighted by Gasteiger charge is -2.42. The molecule has 1 N–H and O–H groups in total. The van der Waals surface area contributed by atoms with Crippen molar-refractivity contribution in [1.82, 2.24) is 0 Å². The molecule has 5 atom stereocenters. The molecule has 1 aliphatic heterocycles. The lowest BCUT2D eigenvalue weighted by molar-refractivity contribution is -0.258. The van der Waals surface area contributed by atoms with Crippen molar-refractivity contribution in [1.29, 1.82) is 0 Å². The van der Waals surface area contributed by atoms with Gasteiger partial charge in [-0.3, -0.25) is 23.2 Å². The Hall–Kier alpha value is -3.28. The summed E-state index contributed by atoms with van der Waals surface area (Å²) in [5.74, 6) is -1.57. The quantitative estimate of drug-likeness (QED) is 0.135. The van der Waals surface area contributed by atoms with Crippen molar-refractivity contribution >= 4 is 19.8 Å². The van der Waals surface area contributed by atoms with Gasteiger partial charge in [0.25, 0.3) is 0 Å².